The zero-order valence-corrected chi connectivity index (χ0v) is 9.30. The molecule has 0 aliphatic heterocycles. The van der Waals surface area contributed by atoms with Crippen LogP contribution in [0.5, 0.6) is 0 Å². The van der Waals surface area contributed by atoms with Crippen LogP contribution in [0.15, 0.2) is 18.2 Å². The molecule has 6 nitrogen and oxygen atoms in total. The molecule has 4 N–H and O–H groups in total. The van der Waals surface area contributed by atoms with Crippen molar-refractivity contribution in [2.75, 3.05) is 17.0 Å². The van der Waals surface area contributed by atoms with Crippen molar-refractivity contribution in [3.63, 3.8) is 0 Å². The number of rotatable bonds is 6. The summed E-state index contributed by atoms with van der Waals surface area (Å²) in [5, 5.41) is 23.5. The zero-order chi connectivity index (χ0) is 12.8. The SMILES string of the molecule is CB(O)Nc1cc(NCB=O)cc(C(=O)O)c1. The third-order valence-corrected chi connectivity index (χ3v) is 1.95. The molecule has 17 heavy (non-hydrogen) atoms. The Morgan fingerprint density at radius 2 is 2.06 bits per heavy atom. The summed E-state index contributed by atoms with van der Waals surface area (Å²) in [6.45, 7) is 1.52. The Hall–Kier alpha value is -1.82. The van der Waals surface area contributed by atoms with Crippen LogP contribution in [0.1, 0.15) is 10.4 Å². The summed E-state index contributed by atoms with van der Waals surface area (Å²) < 4.78 is 10.2. The van der Waals surface area contributed by atoms with Crippen molar-refractivity contribution in [2.24, 2.45) is 0 Å². The summed E-state index contributed by atoms with van der Waals surface area (Å²) >= 11 is 0. The number of hydrogen-bond acceptors (Lipinski definition) is 5. The molecule has 0 aliphatic rings. The fraction of sp³-hybridized carbons (Fsp3) is 0.222. The van der Waals surface area contributed by atoms with Gasteiger partial charge in [-0.3, -0.25) is 0 Å². The van der Waals surface area contributed by atoms with Crippen LogP contribution in [0, 0.1) is 0 Å². The first kappa shape index (κ1) is 13.2. The second-order valence-electron chi connectivity index (χ2n) is 3.47. The van der Waals surface area contributed by atoms with E-state index in [9.17, 15) is 9.50 Å². The van der Waals surface area contributed by atoms with Gasteiger partial charge in [0, 0.05) is 0 Å². The van der Waals surface area contributed by atoms with Crippen molar-refractivity contribution < 1.29 is 19.6 Å². The van der Waals surface area contributed by atoms with Crippen molar-refractivity contribution in [1.82, 2.24) is 0 Å². The summed E-state index contributed by atoms with van der Waals surface area (Å²) in [7, 11) is -0.118. The number of carboxylic acid groups (broad SMARTS) is 1. The van der Waals surface area contributed by atoms with Gasteiger partial charge >= 0.3 is 98.7 Å². The predicted octanol–water partition coefficient (Wildman–Crippen LogP) is 0.326. The van der Waals surface area contributed by atoms with Gasteiger partial charge in [0.15, 0.2) is 0 Å². The fourth-order valence-electron chi connectivity index (χ4n) is 1.34. The van der Waals surface area contributed by atoms with E-state index < -0.39 is 13.0 Å². The Morgan fingerprint density at radius 1 is 1.41 bits per heavy atom. The molecule has 0 saturated heterocycles. The van der Waals surface area contributed by atoms with Gasteiger partial charge in [-0.1, -0.05) is 0 Å². The maximum atomic E-state index is 10.9. The Bertz CT molecular complexity index is 425. The maximum absolute atomic E-state index is 10.9. The minimum absolute atomic E-state index is 0.0732. The van der Waals surface area contributed by atoms with Gasteiger partial charge in [-0.25, -0.2) is 0 Å². The standard InChI is InChI=1S/C9H12B2N2O4/c1-11(17)13-8-3-6(9(14)15)2-7(4-8)12-5-10-16/h2-4,12-13,17H,5H2,1H3,(H,14,15). The molecule has 88 valence electrons. The molecule has 1 aromatic rings. The summed E-state index contributed by atoms with van der Waals surface area (Å²) in [5.74, 6) is -1.08. The molecule has 0 amide bonds. The van der Waals surface area contributed by atoms with E-state index in [4.69, 9.17) is 10.1 Å². The van der Waals surface area contributed by atoms with Crippen LogP contribution in [-0.4, -0.2) is 36.7 Å². The first-order valence-electron chi connectivity index (χ1n) is 5.03. The van der Waals surface area contributed by atoms with Crippen molar-refractivity contribution in [2.45, 2.75) is 6.82 Å². The summed E-state index contributed by atoms with van der Waals surface area (Å²) in [4.78, 5) is 10.9. The summed E-state index contributed by atoms with van der Waals surface area (Å²) in [6.07, 6.45) is 0.0944. The molecule has 0 aromatic heterocycles. The number of benzene rings is 1. The zero-order valence-electron chi connectivity index (χ0n) is 9.30. The Morgan fingerprint density at radius 3 is 2.59 bits per heavy atom. The molecule has 0 saturated carbocycles. The van der Waals surface area contributed by atoms with E-state index in [0.717, 1.165) is 0 Å². The number of anilines is 2. The third-order valence-electron chi connectivity index (χ3n) is 1.95. The van der Waals surface area contributed by atoms with E-state index in [2.05, 4.69) is 10.5 Å². The molecule has 0 unspecified atom stereocenters. The van der Waals surface area contributed by atoms with Gasteiger partial charge in [-0.15, -0.1) is 0 Å². The predicted molar refractivity (Wildman–Crippen MR) is 65.8 cm³/mol. The number of aromatic carboxylic acids is 1. The van der Waals surface area contributed by atoms with Crippen LogP contribution in [0.3, 0.4) is 0 Å². The van der Waals surface area contributed by atoms with E-state index in [-0.39, 0.29) is 12.0 Å². The Labute approximate surface area is 99.4 Å². The molecular weight excluding hydrogens is 222 g/mol. The van der Waals surface area contributed by atoms with E-state index >= 15 is 0 Å². The topological polar surface area (TPSA) is 98.7 Å². The van der Waals surface area contributed by atoms with Crippen molar-refractivity contribution in [3.8, 4) is 0 Å². The van der Waals surface area contributed by atoms with E-state index in [0.29, 0.717) is 18.5 Å². The van der Waals surface area contributed by atoms with Gasteiger partial charge < -0.3 is 0 Å². The van der Waals surface area contributed by atoms with Crippen LogP contribution in [0.2, 0.25) is 6.82 Å². The summed E-state index contributed by atoms with van der Waals surface area (Å²) in [5.41, 5.74) is 1.04. The minimum atomic E-state index is -1.08. The first-order valence-corrected chi connectivity index (χ1v) is 5.03. The quantitative estimate of drug-likeness (QED) is 0.529. The monoisotopic (exact) mass is 234 g/mol. The Kier molecular flexibility index (Phi) is 4.71. The van der Waals surface area contributed by atoms with Crippen LogP contribution in [0.25, 0.3) is 0 Å². The molecular formula is C9H12B2N2O4. The van der Waals surface area contributed by atoms with Crippen LogP contribution < -0.4 is 10.5 Å². The van der Waals surface area contributed by atoms with Gasteiger partial charge in [0.2, 0.25) is 0 Å². The number of carboxylic acids is 1. The molecule has 8 heteroatoms. The van der Waals surface area contributed by atoms with Gasteiger partial charge in [0.05, 0.1) is 0 Å². The molecule has 0 atom stereocenters. The first-order chi connectivity index (χ1) is 8.02. The van der Waals surface area contributed by atoms with Crippen molar-refractivity contribution in [3.05, 3.63) is 23.8 Å². The van der Waals surface area contributed by atoms with Gasteiger partial charge in [-0.05, 0) is 0 Å². The van der Waals surface area contributed by atoms with E-state index in [1.54, 1.807) is 6.07 Å². The van der Waals surface area contributed by atoms with Crippen molar-refractivity contribution >= 4 is 31.5 Å². The summed E-state index contributed by atoms with van der Waals surface area (Å²) in [6, 6.07) is 4.43. The van der Waals surface area contributed by atoms with Gasteiger partial charge in [-0.2, -0.15) is 0 Å². The molecule has 0 radical (unpaired) electrons. The molecule has 0 bridgehead atoms. The molecule has 0 heterocycles. The molecule has 0 aliphatic carbocycles. The molecule has 0 fully saturated rings. The fourth-order valence-corrected chi connectivity index (χ4v) is 1.34. The second-order valence-corrected chi connectivity index (χ2v) is 3.47. The van der Waals surface area contributed by atoms with Crippen LogP contribution >= 0.6 is 0 Å². The van der Waals surface area contributed by atoms with Crippen LogP contribution in [-0.2, 0) is 4.70 Å². The molecule has 1 aromatic carbocycles. The van der Waals surface area contributed by atoms with E-state index in [1.807, 2.05) is 0 Å². The normalized spacial score (nSPS) is 9.29. The average molecular weight is 234 g/mol. The third kappa shape index (κ3) is 4.28. The molecule has 0 spiro atoms. The van der Waals surface area contributed by atoms with E-state index in [1.165, 1.54) is 19.0 Å². The van der Waals surface area contributed by atoms with Gasteiger partial charge in [0.1, 0.15) is 0 Å². The van der Waals surface area contributed by atoms with Crippen molar-refractivity contribution in [1.29, 1.82) is 0 Å². The van der Waals surface area contributed by atoms with Gasteiger partial charge in [0.25, 0.3) is 0 Å². The van der Waals surface area contributed by atoms with Crippen LogP contribution in [0.4, 0.5) is 11.4 Å². The molecule has 1 rings (SSSR count). The second kappa shape index (κ2) is 6.05. The number of carbonyl (C=O) groups is 1. The Balaban J connectivity index is 3.00. The average Bonchev–Trinajstić information content (AvgIpc) is 2.25. The number of nitrogens with one attached hydrogen (secondary N) is 2. The number of hydrogen-bond donors (Lipinski definition) is 4.